The van der Waals surface area contributed by atoms with Gasteiger partial charge in [0.1, 0.15) is 0 Å². The number of fused-ring (bicyclic) bond motifs is 1. The van der Waals surface area contributed by atoms with Crippen molar-refractivity contribution in [3.05, 3.63) is 112 Å². The molecule has 3 aromatic carbocycles. The summed E-state index contributed by atoms with van der Waals surface area (Å²) >= 11 is 6.07. The van der Waals surface area contributed by atoms with Crippen LogP contribution in [-0.4, -0.2) is 22.8 Å². The van der Waals surface area contributed by atoms with E-state index in [1.54, 1.807) is 30.3 Å². The maximum Gasteiger partial charge on any atom is 0.225 e. The largest absolute Gasteiger partial charge is 0.294 e. The number of Topliss-reactive ketones (excluding diaryl/α,β-unsaturated/α-hetero) is 2. The molecule has 0 unspecified atom stereocenters. The van der Waals surface area contributed by atoms with Gasteiger partial charge >= 0.3 is 0 Å². The molecule has 0 saturated carbocycles. The molecular weight excluding hydrogens is 434 g/mol. The van der Waals surface area contributed by atoms with E-state index in [-0.39, 0.29) is 12.2 Å². The van der Waals surface area contributed by atoms with E-state index >= 15 is 0 Å². The number of hydrogen-bond donors (Lipinski definition) is 0. The predicted molar refractivity (Wildman–Crippen MR) is 132 cm³/mol. The zero-order chi connectivity index (χ0) is 23.2. The highest BCUT2D eigenvalue weighted by Gasteiger charge is 2.12. The summed E-state index contributed by atoms with van der Waals surface area (Å²) in [5.74, 6) is -0.605. The number of aryl methyl sites for hydroxylation is 1. The van der Waals surface area contributed by atoms with Crippen LogP contribution in [0.4, 0.5) is 0 Å². The van der Waals surface area contributed by atoms with Crippen molar-refractivity contribution in [3.8, 4) is 0 Å². The van der Waals surface area contributed by atoms with Crippen molar-refractivity contribution < 1.29 is 14.4 Å². The van der Waals surface area contributed by atoms with Crippen LogP contribution in [0, 0.1) is 0 Å². The molecular formula is C28H20ClNO3. The minimum absolute atomic E-state index is 0.0305. The van der Waals surface area contributed by atoms with Crippen molar-refractivity contribution >= 4 is 52.5 Å². The number of benzene rings is 3. The van der Waals surface area contributed by atoms with Crippen LogP contribution < -0.4 is 0 Å². The summed E-state index contributed by atoms with van der Waals surface area (Å²) in [6.07, 6.45) is 4.73. The quantitative estimate of drug-likeness (QED) is 0.179. The van der Waals surface area contributed by atoms with Gasteiger partial charge in [-0.1, -0.05) is 72.3 Å². The minimum atomic E-state index is -0.574. The summed E-state index contributed by atoms with van der Waals surface area (Å²) in [5, 5.41) is 1.65. The zero-order valence-electron chi connectivity index (χ0n) is 17.7. The van der Waals surface area contributed by atoms with E-state index < -0.39 is 5.78 Å². The fourth-order valence-electron chi connectivity index (χ4n) is 3.63. The van der Waals surface area contributed by atoms with Crippen molar-refractivity contribution in [3.63, 3.8) is 0 Å². The molecule has 4 aromatic rings. The Hall–Kier alpha value is -3.89. The number of rotatable bonds is 8. The molecule has 0 aliphatic carbocycles. The van der Waals surface area contributed by atoms with Crippen LogP contribution in [-0.2, 0) is 11.2 Å². The molecule has 0 bridgehead atoms. The average molecular weight is 454 g/mol. The van der Waals surface area contributed by atoms with Crippen molar-refractivity contribution in [2.45, 2.75) is 12.8 Å². The number of nitrogens with zero attached hydrogens (tertiary/aromatic N) is 1. The SMILES string of the molecule is O=CC(=O)c1ccccc1CCC(=O)c1cccc(/C=C/c2ccc3ccc(Cl)cc3n2)c1. The Bertz CT molecular complexity index is 1390. The van der Waals surface area contributed by atoms with Crippen molar-refractivity contribution in [2.75, 3.05) is 0 Å². The normalized spacial score (nSPS) is 11.1. The van der Waals surface area contributed by atoms with Gasteiger partial charge in [0.05, 0.1) is 11.2 Å². The maximum absolute atomic E-state index is 12.8. The standard InChI is InChI=1S/C28H20ClNO3/c29-23-12-9-21-10-14-24(30-26(21)17-23)13-8-19-4-3-6-22(16-19)27(32)15-11-20-5-1-2-7-25(20)28(33)18-31/h1-10,12-14,16-18H,11,15H2/b13-8+. The highest BCUT2D eigenvalue weighted by atomic mass is 35.5. The summed E-state index contributed by atoms with van der Waals surface area (Å²) in [6, 6.07) is 23.8. The lowest BCUT2D eigenvalue weighted by atomic mass is 9.96. The predicted octanol–water partition coefficient (Wildman–Crippen LogP) is 6.26. The van der Waals surface area contributed by atoms with Crippen LogP contribution in [0.1, 0.15) is 44.0 Å². The first-order valence-corrected chi connectivity index (χ1v) is 10.9. The second kappa shape index (κ2) is 10.2. The number of carbonyl (C=O) groups is 3. The summed E-state index contributed by atoms with van der Waals surface area (Å²) < 4.78 is 0. The fourth-order valence-corrected chi connectivity index (χ4v) is 3.80. The molecule has 0 radical (unpaired) electrons. The van der Waals surface area contributed by atoms with Gasteiger partial charge < -0.3 is 0 Å². The number of halogens is 1. The first-order chi connectivity index (χ1) is 16.0. The molecule has 1 heterocycles. The van der Waals surface area contributed by atoms with Gasteiger partial charge in [-0.05, 0) is 47.9 Å². The summed E-state index contributed by atoms with van der Waals surface area (Å²) in [5.41, 5.74) is 4.13. The van der Waals surface area contributed by atoms with E-state index in [4.69, 9.17) is 11.6 Å². The van der Waals surface area contributed by atoms with Crippen LogP contribution in [0.15, 0.2) is 78.9 Å². The molecule has 5 heteroatoms. The molecule has 33 heavy (non-hydrogen) atoms. The monoisotopic (exact) mass is 453 g/mol. The van der Waals surface area contributed by atoms with Crippen LogP contribution in [0.25, 0.3) is 23.1 Å². The Morgan fingerprint density at radius 2 is 1.70 bits per heavy atom. The van der Waals surface area contributed by atoms with Gasteiger partial charge in [-0.25, -0.2) is 4.98 Å². The number of aromatic nitrogens is 1. The third-order valence-electron chi connectivity index (χ3n) is 5.34. The van der Waals surface area contributed by atoms with E-state index in [0.717, 1.165) is 22.2 Å². The Morgan fingerprint density at radius 3 is 2.55 bits per heavy atom. The first-order valence-electron chi connectivity index (χ1n) is 10.5. The highest BCUT2D eigenvalue weighted by Crippen LogP contribution is 2.19. The first kappa shape index (κ1) is 22.3. The molecule has 0 aliphatic rings. The molecule has 0 saturated heterocycles. The fraction of sp³-hybridized carbons (Fsp3) is 0.0714. The molecule has 1 aromatic heterocycles. The molecule has 4 nitrogen and oxygen atoms in total. The van der Waals surface area contributed by atoms with Crippen molar-refractivity contribution in [2.24, 2.45) is 0 Å². The number of carbonyl (C=O) groups excluding carboxylic acids is 3. The number of pyridine rings is 1. The molecule has 0 fully saturated rings. The van der Waals surface area contributed by atoms with Crippen molar-refractivity contribution in [1.82, 2.24) is 4.98 Å². The van der Waals surface area contributed by atoms with Gasteiger partial charge in [0.2, 0.25) is 5.78 Å². The topological polar surface area (TPSA) is 64.1 Å². The number of hydrogen-bond acceptors (Lipinski definition) is 4. The number of ketones is 2. The van der Waals surface area contributed by atoms with Gasteiger partial charge in [-0.15, -0.1) is 0 Å². The van der Waals surface area contributed by atoms with E-state index in [9.17, 15) is 14.4 Å². The average Bonchev–Trinajstić information content (AvgIpc) is 2.85. The Morgan fingerprint density at radius 1 is 0.879 bits per heavy atom. The van der Waals surface area contributed by atoms with Gasteiger partial charge in [0.25, 0.3) is 0 Å². The van der Waals surface area contributed by atoms with Crippen LogP contribution >= 0.6 is 11.6 Å². The lowest BCUT2D eigenvalue weighted by Crippen LogP contribution is -2.07. The molecule has 162 valence electrons. The highest BCUT2D eigenvalue weighted by molar-refractivity contribution is 6.33. The van der Waals surface area contributed by atoms with Gasteiger partial charge in [-0.2, -0.15) is 0 Å². The summed E-state index contributed by atoms with van der Waals surface area (Å²) in [4.78, 5) is 40.0. The lowest BCUT2D eigenvalue weighted by molar-refractivity contribution is -0.104. The third-order valence-corrected chi connectivity index (χ3v) is 5.58. The zero-order valence-corrected chi connectivity index (χ0v) is 18.5. The lowest BCUT2D eigenvalue weighted by Gasteiger charge is -2.06. The molecule has 0 aliphatic heterocycles. The molecule has 4 rings (SSSR count). The summed E-state index contributed by atoms with van der Waals surface area (Å²) in [6.45, 7) is 0. The second-order valence-corrected chi connectivity index (χ2v) is 8.03. The van der Waals surface area contributed by atoms with Gasteiger partial charge in [-0.3, -0.25) is 14.4 Å². The third kappa shape index (κ3) is 5.48. The molecule has 0 amide bonds. The minimum Gasteiger partial charge on any atom is -0.294 e. The van der Waals surface area contributed by atoms with Gasteiger partial charge in [0.15, 0.2) is 12.1 Å². The molecule has 0 N–H and O–H groups in total. The smallest absolute Gasteiger partial charge is 0.225 e. The van der Waals surface area contributed by atoms with Crippen LogP contribution in [0.2, 0.25) is 5.02 Å². The van der Waals surface area contributed by atoms with Crippen molar-refractivity contribution in [1.29, 1.82) is 0 Å². The van der Waals surface area contributed by atoms with E-state index in [2.05, 4.69) is 4.98 Å². The van der Waals surface area contributed by atoms with Gasteiger partial charge in [0, 0.05) is 28.0 Å². The molecule has 0 atom stereocenters. The maximum atomic E-state index is 12.8. The Labute approximate surface area is 196 Å². The van der Waals surface area contributed by atoms with E-state index in [1.165, 1.54) is 0 Å². The van der Waals surface area contributed by atoms with E-state index in [0.29, 0.717) is 34.4 Å². The Kier molecular flexibility index (Phi) is 6.86. The molecule has 0 spiro atoms. The Balaban J connectivity index is 1.47. The van der Waals surface area contributed by atoms with E-state index in [1.807, 2.05) is 60.7 Å². The second-order valence-electron chi connectivity index (χ2n) is 7.59. The van der Waals surface area contributed by atoms with Crippen LogP contribution in [0.3, 0.4) is 0 Å². The summed E-state index contributed by atoms with van der Waals surface area (Å²) in [7, 11) is 0. The van der Waals surface area contributed by atoms with Crippen LogP contribution in [0.5, 0.6) is 0 Å². The number of aldehydes is 1.